The first-order chi connectivity index (χ1) is 5.36. The zero-order valence-corrected chi connectivity index (χ0v) is 6.66. The quantitative estimate of drug-likeness (QED) is 0.611. The third-order valence-electron chi connectivity index (χ3n) is 1.24. The number of nitrogens with zero attached hydrogens (tertiary/aromatic N) is 2. The molecule has 0 spiro atoms. The number of hydrogen-bond acceptors (Lipinski definition) is 2. The molecule has 3 heteroatoms. The maximum Gasteiger partial charge on any atom is 0.157 e. The molecular formula is C8H12N2O. The van der Waals surface area contributed by atoms with Gasteiger partial charge in [0.2, 0.25) is 0 Å². The average molecular weight is 152 g/mol. The lowest BCUT2D eigenvalue weighted by Crippen LogP contribution is -1.94. The minimum Gasteiger partial charge on any atom is -0.491 e. The second-order valence-electron chi connectivity index (χ2n) is 2.12. The summed E-state index contributed by atoms with van der Waals surface area (Å²) in [5.41, 5.74) is 0. The Morgan fingerprint density at radius 3 is 3.27 bits per heavy atom. The summed E-state index contributed by atoms with van der Waals surface area (Å²) >= 11 is 0. The molecule has 1 aromatic heterocycles. The maximum absolute atomic E-state index is 5.22. The molecule has 0 radical (unpaired) electrons. The van der Waals surface area contributed by atoms with E-state index in [9.17, 15) is 0 Å². The van der Waals surface area contributed by atoms with E-state index in [0.717, 1.165) is 12.3 Å². The van der Waals surface area contributed by atoms with Crippen LogP contribution in [0.4, 0.5) is 0 Å². The molecule has 0 N–H and O–H groups in total. The molecule has 0 saturated heterocycles. The molecule has 0 aliphatic carbocycles. The van der Waals surface area contributed by atoms with Gasteiger partial charge in [-0.25, -0.2) is 0 Å². The molecule has 1 aromatic rings. The lowest BCUT2D eigenvalue weighted by Gasteiger charge is -1.95. The van der Waals surface area contributed by atoms with Crippen molar-refractivity contribution in [1.82, 2.24) is 9.78 Å². The van der Waals surface area contributed by atoms with Crippen molar-refractivity contribution in [1.29, 1.82) is 0 Å². The molecule has 0 atom stereocenters. The minimum atomic E-state index is 0.680. The van der Waals surface area contributed by atoms with Crippen molar-refractivity contribution >= 4 is 0 Å². The summed E-state index contributed by atoms with van der Waals surface area (Å²) in [5, 5.41) is 4.04. The Morgan fingerprint density at radius 1 is 1.82 bits per heavy atom. The first kappa shape index (κ1) is 7.85. The highest BCUT2D eigenvalue weighted by atomic mass is 16.5. The Balaban J connectivity index is 2.57. The van der Waals surface area contributed by atoms with Gasteiger partial charge >= 0.3 is 0 Å². The number of allylic oxidation sites excluding steroid dienone is 1. The Hall–Kier alpha value is -1.25. The second-order valence-corrected chi connectivity index (χ2v) is 2.12. The van der Waals surface area contributed by atoms with Crippen molar-refractivity contribution in [2.24, 2.45) is 0 Å². The van der Waals surface area contributed by atoms with Crippen LogP contribution >= 0.6 is 0 Å². The van der Waals surface area contributed by atoms with E-state index in [1.807, 2.05) is 13.1 Å². The fraction of sp³-hybridized carbons (Fsp3) is 0.375. The summed E-state index contributed by atoms with van der Waals surface area (Å²) in [6, 6.07) is 0. The van der Waals surface area contributed by atoms with Gasteiger partial charge in [0.05, 0.1) is 25.5 Å². The van der Waals surface area contributed by atoms with Gasteiger partial charge in [-0.3, -0.25) is 4.68 Å². The molecule has 3 nitrogen and oxygen atoms in total. The molecule has 0 aromatic carbocycles. The Morgan fingerprint density at radius 2 is 2.64 bits per heavy atom. The predicted octanol–water partition coefficient (Wildman–Crippen LogP) is 1.47. The molecule has 0 saturated carbocycles. The van der Waals surface area contributed by atoms with E-state index in [1.165, 1.54) is 0 Å². The highest BCUT2D eigenvalue weighted by Gasteiger charge is 1.94. The third-order valence-corrected chi connectivity index (χ3v) is 1.24. The van der Waals surface area contributed by atoms with Gasteiger partial charge in [0.25, 0.3) is 0 Å². The van der Waals surface area contributed by atoms with Gasteiger partial charge in [-0.15, -0.1) is 6.58 Å². The molecule has 0 fully saturated rings. The molecule has 0 aliphatic rings. The van der Waals surface area contributed by atoms with Crippen LogP contribution < -0.4 is 4.74 Å². The summed E-state index contributed by atoms with van der Waals surface area (Å²) in [6.07, 6.45) is 5.35. The summed E-state index contributed by atoms with van der Waals surface area (Å²) in [5.74, 6) is 0.814. The van der Waals surface area contributed by atoms with Crippen LogP contribution in [0.5, 0.6) is 5.75 Å². The van der Waals surface area contributed by atoms with Gasteiger partial charge in [0, 0.05) is 0 Å². The standard InChI is InChI=1S/C8H12N2O/c1-3-5-10-7-8(6-9-10)11-4-2/h3,6-7H,1,4-5H2,2H3. The summed E-state index contributed by atoms with van der Waals surface area (Å²) in [7, 11) is 0. The normalized spacial score (nSPS) is 9.55. The van der Waals surface area contributed by atoms with Gasteiger partial charge < -0.3 is 4.74 Å². The molecule has 1 heterocycles. The van der Waals surface area contributed by atoms with Crippen LogP contribution in [-0.2, 0) is 6.54 Å². The fourth-order valence-corrected chi connectivity index (χ4v) is 0.818. The van der Waals surface area contributed by atoms with Crippen molar-refractivity contribution in [2.75, 3.05) is 6.61 Å². The van der Waals surface area contributed by atoms with E-state index in [1.54, 1.807) is 17.0 Å². The fourth-order valence-electron chi connectivity index (χ4n) is 0.818. The Labute approximate surface area is 66.3 Å². The minimum absolute atomic E-state index is 0.680. The zero-order valence-electron chi connectivity index (χ0n) is 6.66. The molecule has 0 unspecified atom stereocenters. The van der Waals surface area contributed by atoms with Gasteiger partial charge in [0.1, 0.15) is 0 Å². The smallest absolute Gasteiger partial charge is 0.157 e. The lowest BCUT2D eigenvalue weighted by atomic mass is 10.6. The van der Waals surface area contributed by atoms with Crippen molar-refractivity contribution in [3.05, 3.63) is 25.0 Å². The molecule has 60 valence electrons. The van der Waals surface area contributed by atoms with Crippen LogP contribution in [0.3, 0.4) is 0 Å². The van der Waals surface area contributed by atoms with Crippen molar-refractivity contribution < 1.29 is 4.74 Å². The van der Waals surface area contributed by atoms with E-state index in [4.69, 9.17) is 4.74 Å². The zero-order chi connectivity index (χ0) is 8.10. The van der Waals surface area contributed by atoms with E-state index < -0.39 is 0 Å². The molecular weight excluding hydrogens is 140 g/mol. The van der Waals surface area contributed by atoms with Crippen molar-refractivity contribution in [3.8, 4) is 5.75 Å². The molecule has 0 amide bonds. The van der Waals surface area contributed by atoms with Crippen LogP contribution in [-0.4, -0.2) is 16.4 Å². The first-order valence-electron chi connectivity index (χ1n) is 3.63. The van der Waals surface area contributed by atoms with Crippen LogP contribution in [0.1, 0.15) is 6.92 Å². The third kappa shape index (κ3) is 2.11. The average Bonchev–Trinajstić information content (AvgIpc) is 2.38. The predicted molar refractivity (Wildman–Crippen MR) is 43.6 cm³/mol. The van der Waals surface area contributed by atoms with Crippen molar-refractivity contribution in [2.45, 2.75) is 13.5 Å². The summed E-state index contributed by atoms with van der Waals surface area (Å²) in [4.78, 5) is 0. The SMILES string of the molecule is C=CCn1cc(OCC)cn1. The summed E-state index contributed by atoms with van der Waals surface area (Å²) in [6.45, 7) is 6.97. The number of ether oxygens (including phenoxy) is 1. The van der Waals surface area contributed by atoms with Crippen LogP contribution in [0.15, 0.2) is 25.0 Å². The monoisotopic (exact) mass is 152 g/mol. The van der Waals surface area contributed by atoms with Gasteiger partial charge in [0.15, 0.2) is 5.75 Å². The largest absolute Gasteiger partial charge is 0.491 e. The number of rotatable bonds is 4. The highest BCUT2D eigenvalue weighted by molar-refractivity contribution is 5.11. The Kier molecular flexibility index (Phi) is 2.72. The topological polar surface area (TPSA) is 27.1 Å². The number of aromatic nitrogens is 2. The van der Waals surface area contributed by atoms with Crippen LogP contribution in [0.2, 0.25) is 0 Å². The molecule has 11 heavy (non-hydrogen) atoms. The maximum atomic E-state index is 5.22. The van der Waals surface area contributed by atoms with Gasteiger partial charge in [-0.1, -0.05) is 6.08 Å². The van der Waals surface area contributed by atoms with E-state index >= 15 is 0 Å². The van der Waals surface area contributed by atoms with E-state index in [-0.39, 0.29) is 0 Å². The molecule has 0 bridgehead atoms. The molecule has 0 aliphatic heterocycles. The second kappa shape index (κ2) is 3.81. The lowest BCUT2D eigenvalue weighted by molar-refractivity contribution is 0.340. The van der Waals surface area contributed by atoms with E-state index in [2.05, 4.69) is 11.7 Å². The van der Waals surface area contributed by atoms with Crippen LogP contribution in [0, 0.1) is 0 Å². The summed E-state index contributed by atoms with van der Waals surface area (Å²) < 4.78 is 6.99. The first-order valence-corrected chi connectivity index (χ1v) is 3.63. The Bertz CT molecular complexity index is 230. The van der Waals surface area contributed by atoms with Gasteiger partial charge in [-0.05, 0) is 6.92 Å². The highest BCUT2D eigenvalue weighted by Crippen LogP contribution is 2.07. The van der Waals surface area contributed by atoms with Gasteiger partial charge in [-0.2, -0.15) is 5.10 Å². The van der Waals surface area contributed by atoms with E-state index in [0.29, 0.717) is 6.61 Å². The molecule has 1 rings (SSSR count). The van der Waals surface area contributed by atoms with Crippen molar-refractivity contribution in [3.63, 3.8) is 0 Å². The number of hydrogen-bond donors (Lipinski definition) is 0. The van der Waals surface area contributed by atoms with Crippen LogP contribution in [0.25, 0.3) is 0 Å².